The lowest BCUT2D eigenvalue weighted by molar-refractivity contribution is -0.137. The van der Waals surface area contributed by atoms with Crippen molar-refractivity contribution in [3.8, 4) is 0 Å². The van der Waals surface area contributed by atoms with Gasteiger partial charge in [-0.2, -0.15) is 13.2 Å². The van der Waals surface area contributed by atoms with Gasteiger partial charge in [-0.25, -0.2) is 8.42 Å². The molecule has 1 N–H and O–H groups in total. The first-order chi connectivity index (χ1) is 17.9. The van der Waals surface area contributed by atoms with Crippen LogP contribution in [0.2, 0.25) is 0 Å². The first-order valence-corrected chi connectivity index (χ1v) is 14.0. The summed E-state index contributed by atoms with van der Waals surface area (Å²) in [5, 5.41) is 2.85. The van der Waals surface area contributed by atoms with Gasteiger partial charge in [-0.3, -0.25) is 14.7 Å². The van der Waals surface area contributed by atoms with Gasteiger partial charge in [0.1, 0.15) is 0 Å². The lowest BCUT2D eigenvalue weighted by atomic mass is 9.99. The van der Waals surface area contributed by atoms with E-state index in [1.165, 1.54) is 24.3 Å². The fourth-order valence-corrected chi connectivity index (χ4v) is 5.60. The minimum Gasteiger partial charge on any atom is -0.348 e. The molecule has 1 unspecified atom stereocenters. The van der Waals surface area contributed by atoms with Crippen LogP contribution in [-0.2, 0) is 35.6 Å². The van der Waals surface area contributed by atoms with Crippen LogP contribution in [0.5, 0.6) is 0 Å². The fourth-order valence-electron chi connectivity index (χ4n) is 4.72. The number of nitrogens with one attached hydrogen (secondary N) is 1. The van der Waals surface area contributed by atoms with Gasteiger partial charge in [-0.15, -0.1) is 0 Å². The molecule has 1 amide bonds. The van der Waals surface area contributed by atoms with E-state index in [4.69, 9.17) is 0 Å². The molecule has 6 nitrogen and oxygen atoms in total. The second kappa shape index (κ2) is 10.9. The van der Waals surface area contributed by atoms with E-state index in [2.05, 4.69) is 29.0 Å². The normalized spacial score (nSPS) is 16.0. The topological polar surface area (TPSA) is 79.4 Å². The van der Waals surface area contributed by atoms with Crippen molar-refractivity contribution in [2.75, 3.05) is 5.75 Å². The number of halogens is 3. The van der Waals surface area contributed by atoms with Crippen molar-refractivity contribution < 1.29 is 26.4 Å². The highest BCUT2D eigenvalue weighted by Crippen LogP contribution is 2.39. The van der Waals surface area contributed by atoms with Crippen LogP contribution in [-0.4, -0.2) is 30.0 Å². The van der Waals surface area contributed by atoms with Crippen molar-refractivity contribution >= 4 is 15.7 Å². The molecule has 2 heterocycles. The Kier molecular flexibility index (Phi) is 7.94. The van der Waals surface area contributed by atoms with E-state index in [1.807, 2.05) is 6.07 Å². The third-order valence-electron chi connectivity index (χ3n) is 6.72. The first-order valence-electron chi connectivity index (χ1n) is 12.4. The van der Waals surface area contributed by atoms with Crippen molar-refractivity contribution in [3.05, 3.63) is 94.3 Å². The number of carbonyl (C=O) groups excluding carboxylic acids is 1. The Bertz CT molecular complexity index is 1400. The summed E-state index contributed by atoms with van der Waals surface area (Å²) in [6.07, 6.45) is -2.83. The van der Waals surface area contributed by atoms with Gasteiger partial charge in [0.2, 0.25) is 0 Å². The molecule has 0 bridgehead atoms. The number of nitrogens with zero attached hydrogens (tertiary/aromatic N) is 2. The van der Waals surface area contributed by atoms with Gasteiger partial charge >= 0.3 is 6.18 Å². The highest BCUT2D eigenvalue weighted by atomic mass is 32.2. The van der Waals surface area contributed by atoms with Crippen LogP contribution in [0, 0.1) is 5.92 Å². The molecule has 3 aromatic rings. The molecule has 0 saturated heterocycles. The molecule has 38 heavy (non-hydrogen) atoms. The molecule has 0 fully saturated rings. The third kappa shape index (κ3) is 6.07. The smallest absolute Gasteiger partial charge is 0.348 e. The minimum atomic E-state index is -4.37. The molecule has 4 rings (SSSR count). The van der Waals surface area contributed by atoms with E-state index in [1.54, 1.807) is 25.3 Å². The van der Waals surface area contributed by atoms with Gasteiger partial charge in [0.25, 0.3) is 5.91 Å². The number of fused-ring (bicyclic) bond motifs is 1. The number of hydrogen-bond acceptors (Lipinski definition) is 5. The molecule has 0 aliphatic carbocycles. The molecule has 2 aromatic carbocycles. The first kappa shape index (κ1) is 27.8. The highest BCUT2D eigenvalue weighted by molar-refractivity contribution is 7.91. The number of carbonyl (C=O) groups is 1. The van der Waals surface area contributed by atoms with E-state index < -0.39 is 21.6 Å². The Morgan fingerprint density at radius 3 is 2.29 bits per heavy atom. The van der Waals surface area contributed by atoms with Crippen LogP contribution in [0.4, 0.5) is 13.2 Å². The van der Waals surface area contributed by atoms with Gasteiger partial charge in [-0.1, -0.05) is 45.0 Å². The van der Waals surface area contributed by atoms with Crippen molar-refractivity contribution in [3.63, 3.8) is 0 Å². The zero-order valence-corrected chi connectivity index (χ0v) is 22.2. The van der Waals surface area contributed by atoms with E-state index in [0.29, 0.717) is 18.7 Å². The van der Waals surface area contributed by atoms with Gasteiger partial charge in [-0.05, 0) is 52.9 Å². The number of pyridine rings is 1. The second-order valence-corrected chi connectivity index (χ2v) is 12.1. The standard InChI is InChI=1S/C28H30F3N3O3S/c1-4-38(36,37)24-11-7-19(8-12-24)14-33-27(35)21-13-22-17-34(26(18(2)3)25(22)32-15-21)16-20-5-9-23(10-6-20)28(29,30)31/h5-13,15,18,26H,4,14,16-17H2,1-3H3,(H,33,35). The molecule has 0 spiro atoms. The summed E-state index contributed by atoms with van der Waals surface area (Å²) >= 11 is 0. The number of alkyl halides is 3. The number of sulfone groups is 1. The Morgan fingerprint density at radius 1 is 1.08 bits per heavy atom. The summed E-state index contributed by atoms with van der Waals surface area (Å²) in [5.41, 5.74) is 3.06. The van der Waals surface area contributed by atoms with Crippen LogP contribution in [0.3, 0.4) is 0 Å². The number of amides is 1. The maximum absolute atomic E-state index is 12.9. The Labute approximate surface area is 220 Å². The molecule has 1 aliphatic heterocycles. The Balaban J connectivity index is 1.44. The van der Waals surface area contributed by atoms with Crippen LogP contribution < -0.4 is 5.32 Å². The van der Waals surface area contributed by atoms with Crippen LogP contribution in [0.25, 0.3) is 0 Å². The summed E-state index contributed by atoms with van der Waals surface area (Å²) in [5.74, 6) is -0.0707. The van der Waals surface area contributed by atoms with Crippen LogP contribution in [0.1, 0.15) is 65.1 Å². The molecule has 10 heteroatoms. The quantitative estimate of drug-likeness (QED) is 0.402. The molecule has 1 aromatic heterocycles. The van der Waals surface area contributed by atoms with E-state index in [-0.39, 0.29) is 35.1 Å². The lowest BCUT2D eigenvalue weighted by Gasteiger charge is -2.27. The van der Waals surface area contributed by atoms with Crippen LogP contribution >= 0.6 is 0 Å². The van der Waals surface area contributed by atoms with E-state index >= 15 is 0 Å². The number of aromatic nitrogens is 1. The average Bonchev–Trinajstić information content (AvgIpc) is 3.24. The summed E-state index contributed by atoms with van der Waals surface area (Å²) in [6, 6.07) is 13.4. The summed E-state index contributed by atoms with van der Waals surface area (Å²) in [7, 11) is -3.28. The maximum atomic E-state index is 12.9. The van der Waals surface area contributed by atoms with Crippen molar-refractivity contribution in [2.45, 2.75) is 57.5 Å². The largest absolute Gasteiger partial charge is 0.416 e. The van der Waals surface area contributed by atoms with Crippen molar-refractivity contribution in [1.82, 2.24) is 15.2 Å². The maximum Gasteiger partial charge on any atom is 0.416 e. The summed E-state index contributed by atoms with van der Waals surface area (Å²) in [4.78, 5) is 19.9. The second-order valence-electron chi connectivity index (χ2n) is 9.79. The zero-order chi connectivity index (χ0) is 27.7. The van der Waals surface area contributed by atoms with Gasteiger partial charge in [0, 0.05) is 25.8 Å². The van der Waals surface area contributed by atoms with Crippen LogP contribution in [0.15, 0.2) is 65.7 Å². The Morgan fingerprint density at radius 2 is 1.71 bits per heavy atom. The van der Waals surface area contributed by atoms with E-state index in [0.717, 1.165) is 34.5 Å². The lowest BCUT2D eigenvalue weighted by Crippen LogP contribution is -2.25. The zero-order valence-electron chi connectivity index (χ0n) is 21.4. The van der Waals surface area contributed by atoms with Gasteiger partial charge in [0.15, 0.2) is 9.84 Å². The molecule has 1 atom stereocenters. The predicted molar refractivity (Wildman–Crippen MR) is 138 cm³/mol. The van der Waals surface area contributed by atoms with Crippen molar-refractivity contribution in [1.29, 1.82) is 0 Å². The molecule has 0 saturated carbocycles. The number of hydrogen-bond donors (Lipinski definition) is 1. The molecule has 0 radical (unpaired) electrons. The third-order valence-corrected chi connectivity index (χ3v) is 8.48. The molecular formula is C28H30F3N3O3S. The van der Waals surface area contributed by atoms with E-state index in [9.17, 15) is 26.4 Å². The molecule has 202 valence electrons. The van der Waals surface area contributed by atoms with Crippen molar-refractivity contribution in [2.24, 2.45) is 5.92 Å². The predicted octanol–water partition coefficient (Wildman–Crippen LogP) is 5.54. The Hall–Kier alpha value is -3.24. The highest BCUT2D eigenvalue weighted by Gasteiger charge is 2.35. The minimum absolute atomic E-state index is 0.0217. The van der Waals surface area contributed by atoms with Gasteiger partial charge in [0.05, 0.1) is 33.5 Å². The molecule has 1 aliphatic rings. The summed E-state index contributed by atoms with van der Waals surface area (Å²) in [6.45, 7) is 6.95. The summed E-state index contributed by atoms with van der Waals surface area (Å²) < 4.78 is 62.7. The number of rotatable bonds is 8. The van der Waals surface area contributed by atoms with Gasteiger partial charge < -0.3 is 5.32 Å². The number of benzene rings is 2. The monoisotopic (exact) mass is 545 g/mol. The molecular weight excluding hydrogens is 515 g/mol. The average molecular weight is 546 g/mol. The fraction of sp³-hybridized carbons (Fsp3) is 0.357. The SMILES string of the molecule is CCS(=O)(=O)c1ccc(CNC(=O)c2cnc3c(c2)CN(Cc2ccc(C(F)(F)F)cc2)C3C(C)C)cc1.